The number of nitrogens with one attached hydrogen (secondary N) is 1. The van der Waals surface area contributed by atoms with Crippen molar-refractivity contribution in [3.8, 4) is 0 Å². The first-order valence-electron chi connectivity index (χ1n) is 9.87. The summed E-state index contributed by atoms with van der Waals surface area (Å²) in [5, 5.41) is 0.691. The van der Waals surface area contributed by atoms with Crippen LogP contribution in [0.2, 0.25) is 5.02 Å². The van der Waals surface area contributed by atoms with E-state index in [2.05, 4.69) is 9.64 Å². The minimum Gasteiger partial charge on any atom is -0.452 e. The van der Waals surface area contributed by atoms with E-state index in [4.69, 9.17) is 11.6 Å². The van der Waals surface area contributed by atoms with E-state index in [0.29, 0.717) is 23.7 Å². The molecule has 1 saturated heterocycles. The number of anilines is 2. The molecule has 0 spiro atoms. The van der Waals surface area contributed by atoms with Crippen molar-refractivity contribution in [3.05, 3.63) is 53.1 Å². The number of carbonyl (C=O) groups excluding carboxylic acids is 2. The van der Waals surface area contributed by atoms with E-state index >= 15 is 0 Å². The van der Waals surface area contributed by atoms with E-state index in [9.17, 15) is 18.0 Å². The molecule has 2 aliphatic rings. The van der Waals surface area contributed by atoms with Crippen LogP contribution in [0.1, 0.15) is 21.3 Å². The molecule has 0 saturated carbocycles. The SMILES string of the molecule is COC(=O)NS(=O)(=O)c1ccc(N2CC[C@H](N3CCCc4cc(Cl)ccc43)C2=O)cc1.[HH].[HH]. The fourth-order valence-electron chi connectivity index (χ4n) is 4.14. The molecule has 1 N–H and O–H groups in total. The van der Waals surface area contributed by atoms with Crippen molar-refractivity contribution in [3.63, 3.8) is 0 Å². The normalized spacial score (nSPS) is 18.6. The number of methoxy groups -OCH3 is 1. The molecule has 2 heterocycles. The molecule has 4 rings (SSSR count). The smallest absolute Gasteiger partial charge is 0.420 e. The van der Waals surface area contributed by atoms with Crippen LogP contribution in [-0.2, 0) is 26.0 Å². The van der Waals surface area contributed by atoms with Crippen LogP contribution >= 0.6 is 11.6 Å². The molecule has 2 amide bonds. The van der Waals surface area contributed by atoms with Gasteiger partial charge >= 0.3 is 6.09 Å². The van der Waals surface area contributed by atoms with Crippen LogP contribution in [0.5, 0.6) is 0 Å². The van der Waals surface area contributed by atoms with Crippen LogP contribution in [0.4, 0.5) is 16.2 Å². The lowest BCUT2D eigenvalue weighted by Crippen LogP contribution is -2.44. The highest BCUT2D eigenvalue weighted by atomic mass is 35.5. The predicted molar refractivity (Wildman–Crippen MR) is 121 cm³/mol. The lowest BCUT2D eigenvalue weighted by Gasteiger charge is -2.35. The first-order chi connectivity index (χ1) is 14.8. The number of halogens is 1. The standard InChI is InChI=1S/C21H22ClN3O5S.2H2/c1-30-21(27)23-31(28,29)17-7-5-16(6-8-17)24-12-10-19(20(24)26)25-11-2-3-14-13-15(22)4-9-18(14)25;;/h4-9,13,19H,2-3,10-12H2,1H3,(H,23,27);2*1H/t19-;;/m0../s1. The molecule has 168 valence electrons. The van der Waals surface area contributed by atoms with Gasteiger partial charge in [-0.3, -0.25) is 4.79 Å². The van der Waals surface area contributed by atoms with Crippen LogP contribution in [0, 0.1) is 0 Å². The first kappa shape index (κ1) is 21.5. The van der Waals surface area contributed by atoms with Gasteiger partial charge in [0.25, 0.3) is 10.0 Å². The van der Waals surface area contributed by atoms with Gasteiger partial charge < -0.3 is 14.5 Å². The number of ether oxygens (including phenoxy) is 1. The topological polar surface area (TPSA) is 96.0 Å². The third kappa shape index (κ3) is 4.20. The molecule has 0 bridgehead atoms. The molecule has 10 heteroatoms. The van der Waals surface area contributed by atoms with Crippen molar-refractivity contribution in [2.24, 2.45) is 0 Å². The highest BCUT2D eigenvalue weighted by Crippen LogP contribution is 2.34. The van der Waals surface area contributed by atoms with Gasteiger partial charge in [0.2, 0.25) is 5.91 Å². The molecule has 31 heavy (non-hydrogen) atoms. The lowest BCUT2D eigenvalue weighted by atomic mass is 9.99. The molecule has 2 aromatic carbocycles. The number of sulfonamides is 1. The number of hydrogen-bond donors (Lipinski definition) is 1. The third-order valence-corrected chi connectivity index (χ3v) is 7.17. The quantitative estimate of drug-likeness (QED) is 0.740. The highest BCUT2D eigenvalue weighted by molar-refractivity contribution is 7.90. The van der Waals surface area contributed by atoms with Gasteiger partial charge in [-0.25, -0.2) is 17.9 Å². The first-order valence-corrected chi connectivity index (χ1v) is 11.7. The van der Waals surface area contributed by atoms with Crippen LogP contribution < -0.4 is 14.5 Å². The van der Waals surface area contributed by atoms with Crippen molar-refractivity contribution in [1.82, 2.24) is 4.72 Å². The maximum atomic E-state index is 13.2. The molecule has 1 atom stereocenters. The van der Waals surface area contributed by atoms with Crippen LogP contribution in [0.3, 0.4) is 0 Å². The van der Waals surface area contributed by atoms with Gasteiger partial charge in [-0.2, -0.15) is 0 Å². The Bertz CT molecular complexity index is 1130. The maximum Gasteiger partial charge on any atom is 0.420 e. The Morgan fingerprint density at radius 3 is 2.65 bits per heavy atom. The van der Waals surface area contributed by atoms with Crippen molar-refractivity contribution in [1.29, 1.82) is 0 Å². The Morgan fingerprint density at radius 1 is 1.19 bits per heavy atom. The van der Waals surface area contributed by atoms with E-state index in [-0.39, 0.29) is 19.7 Å². The van der Waals surface area contributed by atoms with Gasteiger partial charge in [0.15, 0.2) is 0 Å². The van der Waals surface area contributed by atoms with E-state index in [1.165, 1.54) is 12.1 Å². The third-order valence-electron chi connectivity index (χ3n) is 5.61. The summed E-state index contributed by atoms with van der Waals surface area (Å²) < 4.78 is 30.5. The summed E-state index contributed by atoms with van der Waals surface area (Å²) in [5.74, 6) is -0.0221. The van der Waals surface area contributed by atoms with Crippen molar-refractivity contribution >= 4 is 45.0 Å². The summed E-state index contributed by atoms with van der Waals surface area (Å²) in [6.07, 6.45) is 1.50. The molecule has 0 unspecified atom stereocenters. The molecule has 0 aromatic heterocycles. The summed E-state index contributed by atoms with van der Waals surface area (Å²) in [5.41, 5.74) is 2.81. The summed E-state index contributed by atoms with van der Waals surface area (Å²) in [7, 11) is -2.96. The molecule has 2 aromatic rings. The minimum absolute atomic E-state index is 0. The van der Waals surface area contributed by atoms with Crippen LogP contribution in [0.25, 0.3) is 0 Å². The second kappa shape index (κ2) is 8.39. The van der Waals surface area contributed by atoms with E-state index in [1.807, 2.05) is 18.2 Å². The van der Waals surface area contributed by atoms with Crippen molar-refractivity contribution < 1.29 is 25.6 Å². The average Bonchev–Trinajstić information content (AvgIpc) is 3.13. The number of aryl methyl sites for hydroxylation is 1. The number of carbonyl (C=O) groups is 2. The Balaban J connectivity index is 0.00000193. The fourth-order valence-corrected chi connectivity index (χ4v) is 5.25. The van der Waals surface area contributed by atoms with Gasteiger partial charge in [-0.05, 0) is 67.3 Å². The zero-order valence-electron chi connectivity index (χ0n) is 16.9. The second-order valence-electron chi connectivity index (χ2n) is 7.46. The number of fused-ring (bicyclic) bond motifs is 1. The number of rotatable bonds is 4. The summed E-state index contributed by atoms with van der Waals surface area (Å²) in [6.45, 7) is 1.34. The Labute approximate surface area is 188 Å². The average molecular weight is 468 g/mol. The second-order valence-corrected chi connectivity index (χ2v) is 9.57. The zero-order valence-corrected chi connectivity index (χ0v) is 18.4. The highest BCUT2D eigenvalue weighted by Gasteiger charge is 2.38. The van der Waals surface area contributed by atoms with Gasteiger partial charge in [0.1, 0.15) is 6.04 Å². The molecular formula is C21H26ClN3O5S. The number of hydrogen-bond acceptors (Lipinski definition) is 6. The molecule has 0 radical (unpaired) electrons. The summed E-state index contributed by atoms with van der Waals surface area (Å²) in [6, 6.07) is 11.4. The van der Waals surface area contributed by atoms with E-state index in [0.717, 1.165) is 37.7 Å². The van der Waals surface area contributed by atoms with E-state index < -0.39 is 16.1 Å². The summed E-state index contributed by atoms with van der Waals surface area (Å²) in [4.78, 5) is 28.2. The van der Waals surface area contributed by atoms with Gasteiger partial charge in [-0.15, -0.1) is 0 Å². The maximum absolute atomic E-state index is 13.2. The van der Waals surface area contributed by atoms with Crippen LogP contribution in [-0.4, -0.2) is 46.7 Å². The van der Waals surface area contributed by atoms with Crippen molar-refractivity contribution in [2.75, 3.05) is 30.0 Å². The minimum atomic E-state index is -4.04. The Hall–Kier alpha value is -2.78. The Kier molecular flexibility index (Phi) is 5.81. The molecule has 2 aliphatic heterocycles. The van der Waals surface area contributed by atoms with Crippen LogP contribution in [0.15, 0.2) is 47.4 Å². The van der Waals surface area contributed by atoms with Gasteiger partial charge in [-0.1, -0.05) is 11.6 Å². The molecular weight excluding hydrogens is 442 g/mol. The molecule has 1 fully saturated rings. The lowest BCUT2D eigenvalue weighted by molar-refractivity contribution is -0.118. The largest absolute Gasteiger partial charge is 0.452 e. The number of nitrogens with zero attached hydrogens (tertiary/aromatic N) is 2. The zero-order chi connectivity index (χ0) is 22.2. The fraction of sp³-hybridized carbons (Fsp3) is 0.333. The number of benzene rings is 2. The van der Waals surface area contributed by atoms with Gasteiger partial charge in [0, 0.05) is 32.3 Å². The van der Waals surface area contributed by atoms with E-state index in [1.54, 1.807) is 21.8 Å². The number of amides is 2. The van der Waals surface area contributed by atoms with Crippen molar-refractivity contribution in [2.45, 2.75) is 30.2 Å². The Morgan fingerprint density at radius 2 is 1.94 bits per heavy atom. The molecule has 8 nitrogen and oxygen atoms in total. The van der Waals surface area contributed by atoms with Gasteiger partial charge in [0.05, 0.1) is 12.0 Å². The summed E-state index contributed by atoms with van der Waals surface area (Å²) >= 11 is 6.13. The monoisotopic (exact) mass is 467 g/mol. The predicted octanol–water partition coefficient (Wildman–Crippen LogP) is 3.43. The molecule has 0 aliphatic carbocycles.